The third-order valence-electron chi connectivity index (χ3n) is 3.66. The third kappa shape index (κ3) is 7.25. The average molecular weight is 517 g/mol. The number of hydrogen-bond donors (Lipinski definition) is 0. The number of benzene rings is 2. The van der Waals surface area contributed by atoms with E-state index in [0.29, 0.717) is 21.4 Å². The molecular formula is C20H10CaCl2N2O4S2. The number of halogens is 2. The molecule has 0 unspecified atom stereocenters. The molecule has 6 nitrogen and oxygen atoms in total. The molecule has 0 radical (unpaired) electrons. The Bertz CT molecular complexity index is 1120. The maximum absolute atomic E-state index is 10.5. The van der Waals surface area contributed by atoms with E-state index in [2.05, 4.69) is 8.75 Å². The van der Waals surface area contributed by atoms with Gasteiger partial charge in [-0.1, -0.05) is 47.5 Å². The Kier molecular flexibility index (Phi) is 9.89. The minimum atomic E-state index is -1.21. The first-order valence-electron chi connectivity index (χ1n) is 8.21. The van der Waals surface area contributed by atoms with Crippen molar-refractivity contribution < 1.29 is 19.8 Å². The van der Waals surface area contributed by atoms with Gasteiger partial charge in [0, 0.05) is 21.2 Å². The summed E-state index contributed by atoms with van der Waals surface area (Å²) in [5, 5.41) is 22.3. The number of carbonyl (C=O) groups is 2. The largest absolute Gasteiger partial charge is 2.00 e. The maximum atomic E-state index is 10.5. The second kappa shape index (κ2) is 11.9. The van der Waals surface area contributed by atoms with Crippen LogP contribution < -0.4 is 10.2 Å². The van der Waals surface area contributed by atoms with Crippen molar-refractivity contribution in [2.75, 3.05) is 0 Å². The van der Waals surface area contributed by atoms with Crippen LogP contribution in [0, 0.1) is 0 Å². The summed E-state index contributed by atoms with van der Waals surface area (Å²) in [6, 6.07) is 17.1. The summed E-state index contributed by atoms with van der Waals surface area (Å²) in [6.07, 6.45) is 0. The fraction of sp³-hybridized carbons (Fsp3) is 0. The smallest absolute Gasteiger partial charge is 0.544 e. The zero-order chi connectivity index (χ0) is 21.7. The van der Waals surface area contributed by atoms with Crippen LogP contribution in [-0.4, -0.2) is 58.4 Å². The van der Waals surface area contributed by atoms with Gasteiger partial charge in [-0.15, -0.1) is 0 Å². The third-order valence-corrected chi connectivity index (χ3v) is 5.67. The fourth-order valence-electron chi connectivity index (χ4n) is 2.31. The molecule has 0 spiro atoms. The Balaban J connectivity index is 0.000000213. The van der Waals surface area contributed by atoms with Crippen LogP contribution in [0.2, 0.25) is 10.0 Å². The van der Waals surface area contributed by atoms with Gasteiger partial charge in [0.15, 0.2) is 0 Å². The molecule has 11 heteroatoms. The van der Waals surface area contributed by atoms with Crippen LogP contribution in [0.1, 0.15) is 19.3 Å². The van der Waals surface area contributed by atoms with Crippen molar-refractivity contribution >= 4 is 95.9 Å². The van der Waals surface area contributed by atoms with Gasteiger partial charge in [-0.2, -0.15) is 8.75 Å². The van der Waals surface area contributed by atoms with Gasteiger partial charge in [0.2, 0.25) is 0 Å². The zero-order valence-electron chi connectivity index (χ0n) is 15.6. The number of aromatic nitrogens is 2. The number of rotatable bonds is 4. The Morgan fingerprint density at radius 2 is 1.10 bits per heavy atom. The molecular weight excluding hydrogens is 507 g/mol. The number of carboxylic acids is 2. The van der Waals surface area contributed by atoms with Crippen LogP contribution in [0.3, 0.4) is 0 Å². The molecule has 0 saturated carbocycles. The Morgan fingerprint density at radius 1 is 0.710 bits per heavy atom. The SMILES string of the molecule is O=C([O-])c1cc(-c2cccc(Cl)c2)ns1.O=C([O-])c1cc(-c2cccc(Cl)c2)ns1.[Ca+2]. The van der Waals surface area contributed by atoms with Crippen LogP contribution in [0.15, 0.2) is 60.7 Å². The van der Waals surface area contributed by atoms with Crippen molar-refractivity contribution in [3.05, 3.63) is 80.5 Å². The first kappa shape index (κ1) is 25.7. The normalized spacial score (nSPS) is 9.87. The quantitative estimate of drug-likeness (QED) is 0.385. The van der Waals surface area contributed by atoms with E-state index in [1.54, 1.807) is 36.4 Å². The molecule has 2 aromatic heterocycles. The Hall–Kier alpha value is -1.52. The van der Waals surface area contributed by atoms with Gasteiger partial charge in [0.05, 0.1) is 33.1 Å². The summed E-state index contributed by atoms with van der Waals surface area (Å²) in [4.78, 5) is 21.3. The fourth-order valence-corrected chi connectivity index (χ4v) is 3.88. The summed E-state index contributed by atoms with van der Waals surface area (Å²) in [5.41, 5.74) is 2.79. The summed E-state index contributed by atoms with van der Waals surface area (Å²) in [7, 11) is 0. The second-order valence-corrected chi connectivity index (χ2v) is 8.23. The average Bonchev–Trinajstić information content (AvgIpc) is 3.39. The molecule has 0 bridgehead atoms. The summed E-state index contributed by atoms with van der Waals surface area (Å²) >= 11 is 13.4. The van der Waals surface area contributed by atoms with E-state index in [4.69, 9.17) is 23.2 Å². The predicted octanol–water partition coefficient (Wildman–Crippen LogP) is 3.27. The Labute approximate surface area is 225 Å². The van der Waals surface area contributed by atoms with E-state index < -0.39 is 11.9 Å². The number of carboxylic acid groups (broad SMARTS) is 2. The van der Waals surface area contributed by atoms with Gasteiger partial charge in [-0.25, -0.2) is 0 Å². The van der Waals surface area contributed by atoms with Crippen molar-refractivity contribution in [3.8, 4) is 22.5 Å². The maximum Gasteiger partial charge on any atom is 2.00 e. The van der Waals surface area contributed by atoms with Gasteiger partial charge in [-0.05, 0) is 59.5 Å². The summed E-state index contributed by atoms with van der Waals surface area (Å²) in [5.74, 6) is -2.42. The first-order valence-corrected chi connectivity index (χ1v) is 10.5. The number of nitrogens with zero attached hydrogens (tertiary/aromatic N) is 2. The summed E-state index contributed by atoms with van der Waals surface area (Å²) in [6.45, 7) is 0. The second-order valence-electron chi connectivity index (χ2n) is 5.75. The molecule has 0 amide bonds. The standard InChI is InChI=1S/2C10H6ClNO2S.Ca/c2*11-7-3-1-2-6(4-7)8-5-9(10(13)14)15-12-8;/h2*1-5H,(H,13,14);/q;;+2/p-2. The monoisotopic (exact) mass is 516 g/mol. The van der Waals surface area contributed by atoms with Crippen molar-refractivity contribution in [1.82, 2.24) is 8.75 Å². The molecule has 152 valence electrons. The number of aromatic carboxylic acids is 2. The van der Waals surface area contributed by atoms with Gasteiger partial charge >= 0.3 is 37.7 Å². The van der Waals surface area contributed by atoms with Crippen LogP contribution in [0.5, 0.6) is 0 Å². The van der Waals surface area contributed by atoms with E-state index in [1.807, 2.05) is 12.1 Å². The zero-order valence-corrected chi connectivity index (χ0v) is 20.9. The number of carbonyl (C=O) groups excluding carboxylic acids is 2. The van der Waals surface area contributed by atoms with Gasteiger partial charge in [-0.3, -0.25) is 0 Å². The molecule has 2 aromatic carbocycles. The molecule has 4 rings (SSSR count). The van der Waals surface area contributed by atoms with E-state index in [-0.39, 0.29) is 47.5 Å². The topological polar surface area (TPSA) is 106 Å². The van der Waals surface area contributed by atoms with Gasteiger partial charge < -0.3 is 19.8 Å². The Morgan fingerprint density at radius 3 is 1.39 bits per heavy atom. The van der Waals surface area contributed by atoms with Crippen LogP contribution >= 0.6 is 46.3 Å². The van der Waals surface area contributed by atoms with E-state index in [1.165, 1.54) is 12.1 Å². The van der Waals surface area contributed by atoms with Crippen LogP contribution in [-0.2, 0) is 0 Å². The molecule has 0 aliphatic rings. The van der Waals surface area contributed by atoms with Crippen molar-refractivity contribution in [1.29, 1.82) is 0 Å². The molecule has 2 heterocycles. The van der Waals surface area contributed by atoms with E-state index >= 15 is 0 Å². The molecule has 0 aliphatic carbocycles. The van der Waals surface area contributed by atoms with Crippen LogP contribution in [0.25, 0.3) is 22.5 Å². The molecule has 0 atom stereocenters. The first-order chi connectivity index (χ1) is 14.3. The van der Waals surface area contributed by atoms with E-state index in [9.17, 15) is 19.8 Å². The van der Waals surface area contributed by atoms with Crippen molar-refractivity contribution in [2.45, 2.75) is 0 Å². The summed E-state index contributed by atoms with van der Waals surface area (Å²) < 4.78 is 8.02. The molecule has 0 fully saturated rings. The molecule has 0 saturated heterocycles. The molecule has 4 aromatic rings. The minimum absolute atomic E-state index is 0. The van der Waals surface area contributed by atoms with Crippen molar-refractivity contribution in [2.24, 2.45) is 0 Å². The molecule has 0 aliphatic heterocycles. The minimum Gasteiger partial charge on any atom is -0.544 e. The molecule has 31 heavy (non-hydrogen) atoms. The van der Waals surface area contributed by atoms with Gasteiger partial charge in [0.25, 0.3) is 0 Å². The predicted molar refractivity (Wildman–Crippen MR) is 120 cm³/mol. The molecule has 0 N–H and O–H groups in total. The van der Waals surface area contributed by atoms with Crippen LogP contribution in [0.4, 0.5) is 0 Å². The van der Waals surface area contributed by atoms with E-state index in [0.717, 1.165) is 34.2 Å². The van der Waals surface area contributed by atoms with Crippen molar-refractivity contribution in [3.63, 3.8) is 0 Å². The number of hydrogen-bond acceptors (Lipinski definition) is 8. The van der Waals surface area contributed by atoms with Gasteiger partial charge in [0.1, 0.15) is 0 Å².